The van der Waals surface area contributed by atoms with Gasteiger partial charge in [-0.25, -0.2) is 5.84 Å². The highest BCUT2D eigenvalue weighted by atomic mass is 16.2. The molecule has 0 fully saturated rings. The third-order valence-corrected chi connectivity index (χ3v) is 1.38. The number of amides is 2. The van der Waals surface area contributed by atoms with Crippen molar-refractivity contribution in [1.29, 1.82) is 0 Å². The van der Waals surface area contributed by atoms with Crippen molar-refractivity contribution < 1.29 is 9.59 Å². The van der Waals surface area contributed by atoms with Gasteiger partial charge in [-0.3, -0.25) is 15.0 Å². The Kier molecular flexibility index (Phi) is 3.87. The lowest BCUT2D eigenvalue weighted by atomic mass is 9.96. The molecule has 0 heterocycles. The van der Waals surface area contributed by atoms with Gasteiger partial charge in [-0.15, -0.1) is 0 Å². The van der Waals surface area contributed by atoms with E-state index in [1.165, 1.54) is 4.90 Å². The molecule has 0 bridgehead atoms. The van der Waals surface area contributed by atoms with Crippen LogP contribution in [0.2, 0.25) is 0 Å². The van der Waals surface area contributed by atoms with Gasteiger partial charge in [-0.2, -0.15) is 0 Å². The van der Waals surface area contributed by atoms with Gasteiger partial charge in [0.05, 0.1) is 0 Å². The number of likely N-dealkylation sites (N-methyl/N-ethyl adjacent to an activating group) is 1. The Bertz CT molecular complexity index is 208. The van der Waals surface area contributed by atoms with Crippen molar-refractivity contribution in [2.24, 2.45) is 11.3 Å². The number of hydrazine groups is 1. The van der Waals surface area contributed by atoms with E-state index in [1.54, 1.807) is 12.5 Å². The average Bonchev–Trinajstić information content (AvgIpc) is 1.98. The monoisotopic (exact) mass is 187 g/mol. The number of nitrogens with zero attached hydrogens (tertiary/aromatic N) is 1. The zero-order chi connectivity index (χ0) is 10.6. The first kappa shape index (κ1) is 11.9. The van der Waals surface area contributed by atoms with Crippen LogP contribution in [0.15, 0.2) is 0 Å². The van der Waals surface area contributed by atoms with Gasteiger partial charge in [-0.05, 0) is 5.41 Å². The summed E-state index contributed by atoms with van der Waals surface area (Å²) in [5, 5.41) is 0. The van der Waals surface area contributed by atoms with Crippen molar-refractivity contribution in [2.75, 3.05) is 13.6 Å². The highest BCUT2D eigenvalue weighted by Gasteiger charge is 2.21. The van der Waals surface area contributed by atoms with Gasteiger partial charge in [0, 0.05) is 13.6 Å². The SMILES string of the molecule is CN(CC(C)(C)C)C(=O)C(=O)NN. The first-order chi connectivity index (χ1) is 5.78. The van der Waals surface area contributed by atoms with Crippen LogP contribution in [0, 0.1) is 5.41 Å². The van der Waals surface area contributed by atoms with Crippen LogP contribution in [-0.2, 0) is 9.59 Å². The maximum absolute atomic E-state index is 11.2. The molecule has 0 saturated heterocycles. The number of nitrogens with one attached hydrogen (secondary N) is 1. The summed E-state index contributed by atoms with van der Waals surface area (Å²) in [5.74, 6) is 3.43. The van der Waals surface area contributed by atoms with E-state index >= 15 is 0 Å². The van der Waals surface area contributed by atoms with E-state index < -0.39 is 11.8 Å². The molecule has 0 aliphatic rings. The van der Waals surface area contributed by atoms with E-state index in [0.29, 0.717) is 6.54 Å². The van der Waals surface area contributed by atoms with E-state index in [2.05, 4.69) is 0 Å². The van der Waals surface area contributed by atoms with Gasteiger partial charge in [0.15, 0.2) is 0 Å². The summed E-state index contributed by atoms with van der Waals surface area (Å²) in [6, 6.07) is 0. The van der Waals surface area contributed by atoms with Crippen molar-refractivity contribution in [2.45, 2.75) is 20.8 Å². The van der Waals surface area contributed by atoms with Crippen LogP contribution in [0.4, 0.5) is 0 Å². The number of carbonyl (C=O) groups is 2. The lowest BCUT2D eigenvalue weighted by molar-refractivity contribution is -0.145. The van der Waals surface area contributed by atoms with Crippen molar-refractivity contribution in [1.82, 2.24) is 10.3 Å². The van der Waals surface area contributed by atoms with Crippen LogP contribution in [0.3, 0.4) is 0 Å². The van der Waals surface area contributed by atoms with Gasteiger partial charge >= 0.3 is 11.8 Å². The lowest BCUT2D eigenvalue weighted by Crippen LogP contribution is -2.46. The molecule has 3 N–H and O–H groups in total. The summed E-state index contributed by atoms with van der Waals surface area (Å²) in [4.78, 5) is 23.3. The lowest BCUT2D eigenvalue weighted by Gasteiger charge is -2.25. The van der Waals surface area contributed by atoms with Crippen molar-refractivity contribution in [3.05, 3.63) is 0 Å². The molecule has 5 heteroatoms. The summed E-state index contributed by atoms with van der Waals surface area (Å²) >= 11 is 0. The molecule has 76 valence electrons. The largest absolute Gasteiger partial charge is 0.337 e. The fraction of sp³-hybridized carbons (Fsp3) is 0.750. The van der Waals surface area contributed by atoms with E-state index in [1.807, 2.05) is 20.8 Å². The zero-order valence-corrected chi connectivity index (χ0v) is 8.55. The molecule has 13 heavy (non-hydrogen) atoms. The summed E-state index contributed by atoms with van der Waals surface area (Å²) in [7, 11) is 1.57. The van der Waals surface area contributed by atoms with E-state index in [4.69, 9.17) is 5.84 Å². The fourth-order valence-corrected chi connectivity index (χ4v) is 1.02. The minimum atomic E-state index is -0.785. The Morgan fingerprint density at radius 3 is 2.15 bits per heavy atom. The highest BCUT2D eigenvalue weighted by Crippen LogP contribution is 2.13. The van der Waals surface area contributed by atoms with Crippen LogP contribution in [0.5, 0.6) is 0 Å². The molecule has 0 aliphatic carbocycles. The molecule has 0 aromatic carbocycles. The molecule has 5 nitrogen and oxygen atoms in total. The highest BCUT2D eigenvalue weighted by molar-refractivity contribution is 6.34. The second-order valence-corrected chi connectivity index (χ2v) is 4.20. The van der Waals surface area contributed by atoms with E-state index in [9.17, 15) is 9.59 Å². The van der Waals surface area contributed by atoms with E-state index in [0.717, 1.165) is 0 Å². The number of rotatable bonds is 1. The van der Waals surface area contributed by atoms with Crippen LogP contribution in [0.1, 0.15) is 20.8 Å². The van der Waals surface area contributed by atoms with Gasteiger partial charge in [-0.1, -0.05) is 20.8 Å². The second kappa shape index (κ2) is 4.23. The predicted molar refractivity (Wildman–Crippen MR) is 49.4 cm³/mol. The minimum Gasteiger partial charge on any atom is -0.337 e. The topological polar surface area (TPSA) is 75.4 Å². The Morgan fingerprint density at radius 1 is 1.38 bits per heavy atom. The normalized spacial score (nSPS) is 10.8. The second-order valence-electron chi connectivity index (χ2n) is 4.20. The standard InChI is InChI=1S/C8H17N3O2/c1-8(2,3)5-11(4)7(13)6(12)10-9/h5,9H2,1-4H3,(H,10,12). The smallest absolute Gasteiger partial charge is 0.323 e. The van der Waals surface area contributed by atoms with Gasteiger partial charge in [0.2, 0.25) is 0 Å². The number of hydrogen-bond acceptors (Lipinski definition) is 3. The third kappa shape index (κ3) is 4.47. The Hall–Kier alpha value is -1.10. The first-order valence-corrected chi connectivity index (χ1v) is 4.04. The summed E-state index contributed by atoms with van der Waals surface area (Å²) in [5.41, 5.74) is 1.77. The zero-order valence-electron chi connectivity index (χ0n) is 8.55. The van der Waals surface area contributed by atoms with Crippen molar-refractivity contribution in [3.63, 3.8) is 0 Å². The summed E-state index contributed by atoms with van der Waals surface area (Å²) < 4.78 is 0. The molecule has 0 atom stereocenters. The van der Waals surface area contributed by atoms with Gasteiger partial charge in [0.1, 0.15) is 0 Å². The number of hydrogen-bond donors (Lipinski definition) is 2. The number of carbonyl (C=O) groups excluding carboxylic acids is 2. The molecule has 0 aromatic rings. The first-order valence-electron chi connectivity index (χ1n) is 4.04. The molecule has 0 radical (unpaired) electrons. The van der Waals surface area contributed by atoms with Crippen LogP contribution in [0.25, 0.3) is 0 Å². The molecule has 0 unspecified atom stereocenters. The minimum absolute atomic E-state index is 0.0285. The van der Waals surface area contributed by atoms with Crippen molar-refractivity contribution >= 4 is 11.8 Å². The third-order valence-electron chi connectivity index (χ3n) is 1.38. The average molecular weight is 187 g/mol. The Balaban J connectivity index is 4.20. The molecule has 0 spiro atoms. The molecule has 2 amide bonds. The van der Waals surface area contributed by atoms with Gasteiger partial charge in [0.25, 0.3) is 0 Å². The molecule has 0 aromatic heterocycles. The van der Waals surface area contributed by atoms with Crippen LogP contribution in [-0.4, -0.2) is 30.3 Å². The van der Waals surface area contributed by atoms with E-state index in [-0.39, 0.29) is 5.41 Å². The molecule has 0 aliphatic heterocycles. The Morgan fingerprint density at radius 2 is 1.85 bits per heavy atom. The summed E-state index contributed by atoms with van der Waals surface area (Å²) in [6.07, 6.45) is 0. The summed E-state index contributed by atoms with van der Waals surface area (Å²) in [6.45, 7) is 6.46. The fourth-order valence-electron chi connectivity index (χ4n) is 1.02. The maximum Gasteiger partial charge on any atom is 0.323 e. The molecular formula is C8H17N3O2. The predicted octanol–water partition coefficient (Wildman–Crippen LogP) is -0.519. The Labute approximate surface area is 78.2 Å². The molecular weight excluding hydrogens is 170 g/mol. The molecule has 0 rings (SSSR count). The van der Waals surface area contributed by atoms with Crippen LogP contribution >= 0.6 is 0 Å². The quantitative estimate of drug-likeness (QED) is 0.251. The maximum atomic E-state index is 11.2. The number of nitrogens with two attached hydrogens (primary N) is 1. The van der Waals surface area contributed by atoms with Crippen molar-refractivity contribution in [3.8, 4) is 0 Å². The van der Waals surface area contributed by atoms with Gasteiger partial charge < -0.3 is 4.90 Å². The van der Waals surface area contributed by atoms with Crippen LogP contribution < -0.4 is 11.3 Å². The molecule has 0 saturated carbocycles.